The quantitative estimate of drug-likeness (QED) is 0.358. The normalized spacial score (nSPS) is 28.0. The number of nitriles is 1. The van der Waals surface area contributed by atoms with Crippen molar-refractivity contribution in [2.75, 3.05) is 44.4 Å². The van der Waals surface area contributed by atoms with Gasteiger partial charge in [0.15, 0.2) is 6.10 Å². The Bertz CT molecular complexity index is 1590. The second kappa shape index (κ2) is 12.3. The lowest BCUT2D eigenvalue weighted by molar-refractivity contribution is 0.100. The minimum atomic E-state index is -0.586. The van der Waals surface area contributed by atoms with Crippen LogP contribution in [0.5, 0.6) is 5.88 Å². The zero-order chi connectivity index (χ0) is 32.0. The molecule has 0 radical (unpaired) electrons. The van der Waals surface area contributed by atoms with Gasteiger partial charge in [-0.25, -0.2) is 4.98 Å². The summed E-state index contributed by atoms with van der Waals surface area (Å²) in [4.78, 5) is 31.9. The Morgan fingerprint density at radius 1 is 1.16 bits per heavy atom. The van der Waals surface area contributed by atoms with Gasteiger partial charge in [0.25, 0.3) is 0 Å². The molecule has 4 aliphatic rings. The second-order valence-corrected chi connectivity index (χ2v) is 14.5. The highest BCUT2D eigenvalue weighted by Gasteiger charge is 2.46. The van der Waals surface area contributed by atoms with Crippen LogP contribution in [0.1, 0.15) is 85.4 Å². The Morgan fingerprint density at radius 3 is 2.51 bits per heavy atom. The number of allylic oxidation sites excluding steroid dienone is 2. The van der Waals surface area contributed by atoms with Crippen LogP contribution in [-0.2, 0) is 11.8 Å². The van der Waals surface area contributed by atoms with Crippen LogP contribution in [0.4, 0.5) is 10.8 Å². The van der Waals surface area contributed by atoms with Gasteiger partial charge in [-0.15, -0.1) is 17.8 Å². The first-order valence-corrected chi connectivity index (χ1v) is 16.9. The summed E-state index contributed by atoms with van der Waals surface area (Å²) >= 11 is 1.48. The summed E-state index contributed by atoms with van der Waals surface area (Å²) in [5.74, 6) is 3.54. The van der Waals surface area contributed by atoms with Gasteiger partial charge in [0.2, 0.25) is 17.5 Å². The minimum Gasteiger partial charge on any atom is -0.459 e. The maximum atomic E-state index is 14.5. The first kappa shape index (κ1) is 31.3. The molecule has 4 N–H and O–H groups in total. The highest BCUT2D eigenvalue weighted by molar-refractivity contribution is 7.16. The number of anilines is 2. The van der Waals surface area contributed by atoms with Gasteiger partial charge in [-0.1, -0.05) is 5.92 Å². The number of nitrogen functional groups attached to an aromatic ring is 1. The third-order valence-corrected chi connectivity index (χ3v) is 11.7. The zero-order valence-electron chi connectivity index (χ0n) is 26.8. The number of terminal acetylenes is 1. The van der Waals surface area contributed by atoms with Crippen molar-refractivity contribution in [2.24, 2.45) is 5.73 Å². The van der Waals surface area contributed by atoms with Crippen molar-refractivity contribution in [1.29, 1.82) is 5.26 Å². The number of likely N-dealkylation sites (N-methyl/N-ethyl adjacent to an activating group) is 2. The van der Waals surface area contributed by atoms with Crippen molar-refractivity contribution in [3.63, 3.8) is 0 Å². The number of aryl methyl sites for hydroxylation is 1. The summed E-state index contributed by atoms with van der Waals surface area (Å²) in [6, 6.07) is 4.81. The molecule has 0 aromatic carbocycles. The molecule has 0 unspecified atom stereocenters. The van der Waals surface area contributed by atoms with E-state index in [0.29, 0.717) is 52.0 Å². The van der Waals surface area contributed by atoms with Gasteiger partial charge in [0.05, 0.1) is 11.6 Å². The number of fused-ring (bicyclic) bond motifs is 2. The fraction of sp³-hybridized carbons (Fsp3) is 0.588. The minimum absolute atomic E-state index is 0.0636. The number of carbonyl (C=O) groups is 1. The molecule has 45 heavy (non-hydrogen) atoms. The smallest absolute Gasteiger partial charge is 0.228 e. The maximum Gasteiger partial charge on any atom is 0.228 e. The topological polar surface area (TPSA) is 138 Å². The fourth-order valence-corrected chi connectivity index (χ4v) is 9.14. The molecule has 2 aromatic heterocycles. The van der Waals surface area contributed by atoms with Gasteiger partial charge < -0.3 is 21.1 Å². The Kier molecular flexibility index (Phi) is 8.55. The van der Waals surface area contributed by atoms with Gasteiger partial charge in [0.1, 0.15) is 16.9 Å². The van der Waals surface area contributed by atoms with Crippen molar-refractivity contribution in [2.45, 2.75) is 94.9 Å². The summed E-state index contributed by atoms with van der Waals surface area (Å²) in [6.07, 6.45) is 12.1. The predicted octanol–water partition coefficient (Wildman–Crippen LogP) is 3.85. The maximum absolute atomic E-state index is 14.5. The molecule has 2 aliphatic heterocycles. The van der Waals surface area contributed by atoms with E-state index < -0.39 is 11.5 Å². The third-order valence-electron chi connectivity index (χ3n) is 10.7. The van der Waals surface area contributed by atoms with E-state index in [-0.39, 0.29) is 17.6 Å². The molecule has 2 saturated heterocycles. The van der Waals surface area contributed by atoms with Gasteiger partial charge in [0, 0.05) is 52.8 Å². The number of piperazine rings is 1. The lowest BCUT2D eigenvalue weighted by atomic mass is 9.62. The molecule has 5 atom stereocenters. The Labute approximate surface area is 270 Å². The van der Waals surface area contributed by atoms with Crippen molar-refractivity contribution >= 4 is 27.9 Å². The average Bonchev–Trinajstić information content (AvgIpc) is 3.61. The number of hydrogen-bond donors (Lipinski definition) is 2. The third kappa shape index (κ3) is 5.45. The van der Waals surface area contributed by atoms with E-state index in [9.17, 15) is 10.1 Å². The molecular formula is C34H44N8O2S. The van der Waals surface area contributed by atoms with Crippen LogP contribution in [0.3, 0.4) is 0 Å². The number of aromatic nitrogens is 2. The number of likely N-dealkylation sites (tertiary alicyclic amines) is 1. The molecule has 2 aromatic rings. The summed E-state index contributed by atoms with van der Waals surface area (Å²) in [5, 5.41) is 10.6. The van der Waals surface area contributed by atoms with E-state index >= 15 is 0 Å². The average molecular weight is 629 g/mol. The summed E-state index contributed by atoms with van der Waals surface area (Å²) < 4.78 is 6.40. The predicted molar refractivity (Wildman–Crippen MR) is 177 cm³/mol. The van der Waals surface area contributed by atoms with Crippen LogP contribution in [0, 0.1) is 23.7 Å². The fourth-order valence-electron chi connectivity index (χ4n) is 7.98. The number of ketones is 1. The molecule has 2 fully saturated rings. The Hall–Kier alpha value is -3.64. The molecule has 0 amide bonds. The zero-order valence-corrected chi connectivity index (χ0v) is 27.6. The van der Waals surface area contributed by atoms with E-state index in [4.69, 9.17) is 32.6 Å². The van der Waals surface area contributed by atoms with E-state index in [1.54, 1.807) is 0 Å². The highest BCUT2D eigenvalue weighted by atomic mass is 32.1. The number of nitrogens with zero attached hydrogens (tertiary/aromatic N) is 6. The van der Waals surface area contributed by atoms with Crippen LogP contribution in [0.15, 0.2) is 17.3 Å². The second-order valence-electron chi connectivity index (χ2n) is 13.3. The van der Waals surface area contributed by atoms with Gasteiger partial charge in [-0.3, -0.25) is 14.6 Å². The van der Waals surface area contributed by atoms with Crippen LogP contribution < -0.4 is 21.1 Å². The Morgan fingerprint density at radius 2 is 1.87 bits per heavy atom. The SMILES string of the molecule is C#C[C@H](Oc1cc(N2C[C@H](C)N(C)[C@@H](C)C2)nc(C(=O)C2=C(N)[C@@]3(CCC2)CCCc2sc(N)c(C#N)c23)n1)[C@@H]1CCCN1C. The van der Waals surface area contributed by atoms with Crippen molar-refractivity contribution < 1.29 is 9.53 Å². The lowest BCUT2D eigenvalue weighted by Gasteiger charge is -2.43. The monoisotopic (exact) mass is 628 g/mol. The number of rotatable bonds is 6. The van der Waals surface area contributed by atoms with E-state index in [1.165, 1.54) is 11.3 Å². The van der Waals surface area contributed by atoms with Crippen LogP contribution in [0.25, 0.3) is 0 Å². The molecule has 11 heteroatoms. The number of carbonyl (C=O) groups excluding carboxylic acids is 1. The number of ether oxygens (including phenoxy) is 1. The first-order valence-electron chi connectivity index (χ1n) is 16.1. The van der Waals surface area contributed by atoms with Crippen LogP contribution >= 0.6 is 11.3 Å². The van der Waals surface area contributed by atoms with E-state index in [1.807, 2.05) is 6.07 Å². The first-order chi connectivity index (χ1) is 21.6. The molecule has 4 heterocycles. The van der Waals surface area contributed by atoms with Crippen LogP contribution in [-0.4, -0.2) is 83.5 Å². The van der Waals surface area contributed by atoms with E-state index in [0.717, 1.165) is 75.0 Å². The van der Waals surface area contributed by atoms with Gasteiger partial charge in [-0.2, -0.15) is 10.2 Å². The molecule has 0 saturated carbocycles. The highest BCUT2D eigenvalue weighted by Crippen LogP contribution is 2.53. The molecule has 6 rings (SSSR count). The standard InChI is InChI=1S/C34H44N8O2S/c1-6-25(24-11-9-15-40(24)4)44-28-16-27(42-18-20(2)41(5)21(3)19-42)38-33(39-28)30(43)22-10-7-13-34(31(22)36)14-8-12-26-29(34)23(17-35)32(37)45-26/h1,16,20-21,24-25H,7-15,18-19,36-37H2,2-5H3/t20-,21-,24-,25-,34-/m0/s1. The summed E-state index contributed by atoms with van der Waals surface area (Å²) in [7, 11) is 4.19. The van der Waals surface area contributed by atoms with Crippen LogP contribution in [0.2, 0.25) is 0 Å². The van der Waals surface area contributed by atoms with Crippen molar-refractivity contribution in [3.8, 4) is 24.3 Å². The molecule has 0 bridgehead atoms. The molecule has 10 nitrogen and oxygen atoms in total. The van der Waals surface area contributed by atoms with Crippen molar-refractivity contribution in [3.05, 3.63) is 39.2 Å². The largest absolute Gasteiger partial charge is 0.459 e. The molecule has 238 valence electrons. The van der Waals surface area contributed by atoms with Gasteiger partial charge in [-0.05, 0) is 91.4 Å². The molecule has 2 aliphatic carbocycles. The lowest BCUT2D eigenvalue weighted by Crippen LogP contribution is -2.55. The summed E-state index contributed by atoms with van der Waals surface area (Å²) in [5.41, 5.74) is 15.2. The number of nitrogens with two attached hydrogens (primary N) is 2. The van der Waals surface area contributed by atoms with Crippen molar-refractivity contribution in [1.82, 2.24) is 19.8 Å². The van der Waals surface area contributed by atoms with E-state index in [2.05, 4.69) is 54.6 Å². The molecule has 1 spiro atoms. The number of Topliss-reactive ketones (excluding diaryl/α,β-unsaturated/α-hetero) is 1. The summed E-state index contributed by atoms with van der Waals surface area (Å²) in [6.45, 7) is 6.85. The Balaban J connectivity index is 1.42. The number of thiophene rings is 1. The molecular weight excluding hydrogens is 584 g/mol. The number of hydrogen-bond acceptors (Lipinski definition) is 11. The van der Waals surface area contributed by atoms with Gasteiger partial charge >= 0.3 is 0 Å².